The van der Waals surface area contributed by atoms with E-state index in [1.807, 2.05) is 0 Å². The number of aliphatic imine (C=N–C) groups is 1. The van der Waals surface area contributed by atoms with Crippen molar-refractivity contribution >= 4 is 31.1 Å². The fraction of sp³-hybridized carbons (Fsp3) is 0.875. The maximum Gasteiger partial charge on any atom is 0.0999 e. The van der Waals surface area contributed by atoms with Crippen LogP contribution in [-0.2, 0) is 0 Å². The molecule has 2 aliphatic rings. The third-order valence-electron chi connectivity index (χ3n) is 9.14. The minimum Gasteiger partial charge on any atom is -0.288 e. The largest absolute Gasteiger partial charge is 0.288 e. The SMILES string of the molecule is C=NC12C(=C=IC)C1C(C)(C(C)(C)C(C)CC)C(CC)CC2C(C)CC. The highest BCUT2D eigenvalue weighted by Crippen LogP contribution is 2.77. The summed E-state index contributed by atoms with van der Waals surface area (Å²) in [6.07, 6.45) is 5.08. The second-order valence-electron chi connectivity index (χ2n) is 9.76. The Morgan fingerprint density at radius 2 is 1.88 bits per heavy atom. The molecule has 0 amide bonds. The Bertz CT molecular complexity index is 599. The number of hydrogen-bond donors (Lipinski definition) is 0. The highest BCUT2D eigenvalue weighted by atomic mass is 127. The van der Waals surface area contributed by atoms with Crippen molar-refractivity contribution in [3.8, 4) is 0 Å². The van der Waals surface area contributed by atoms with E-state index in [1.165, 1.54) is 25.7 Å². The van der Waals surface area contributed by atoms with E-state index in [0.29, 0.717) is 29.1 Å². The van der Waals surface area contributed by atoms with Crippen LogP contribution in [0.5, 0.6) is 0 Å². The van der Waals surface area contributed by atoms with Gasteiger partial charge in [0.25, 0.3) is 0 Å². The van der Waals surface area contributed by atoms with Gasteiger partial charge < -0.3 is 0 Å². The van der Waals surface area contributed by atoms with Crippen molar-refractivity contribution < 1.29 is 0 Å². The second kappa shape index (κ2) is 7.82. The molecule has 26 heavy (non-hydrogen) atoms. The second-order valence-corrected chi connectivity index (χ2v) is 11.4. The molecule has 7 atom stereocenters. The van der Waals surface area contributed by atoms with Crippen molar-refractivity contribution in [1.82, 2.24) is 0 Å². The Labute approximate surface area is 173 Å². The Morgan fingerprint density at radius 3 is 2.31 bits per heavy atom. The highest BCUT2D eigenvalue weighted by Gasteiger charge is 2.77. The smallest absolute Gasteiger partial charge is 0.0999 e. The minimum absolute atomic E-state index is 0.00366. The lowest BCUT2D eigenvalue weighted by Gasteiger charge is -2.57. The summed E-state index contributed by atoms with van der Waals surface area (Å²) in [7, 11) is 0. The van der Waals surface area contributed by atoms with Crippen LogP contribution in [0.4, 0.5) is 0 Å². The van der Waals surface area contributed by atoms with Crippen LogP contribution in [-0.4, -0.2) is 20.9 Å². The van der Waals surface area contributed by atoms with Crippen LogP contribution >= 0.6 is 20.7 Å². The molecule has 0 bridgehead atoms. The molecule has 0 radical (unpaired) electrons. The molecule has 0 aromatic heterocycles. The molecule has 0 spiro atoms. The summed E-state index contributed by atoms with van der Waals surface area (Å²) >= 11 is 0.0162. The molecule has 2 saturated carbocycles. The molecule has 7 unspecified atom stereocenters. The van der Waals surface area contributed by atoms with Gasteiger partial charge in [-0.05, 0) is 52.6 Å². The summed E-state index contributed by atoms with van der Waals surface area (Å²) in [5, 5.41) is 0. The Balaban J connectivity index is 2.69. The summed E-state index contributed by atoms with van der Waals surface area (Å²) in [5.41, 5.74) is 2.13. The monoisotopic (exact) mass is 471 g/mol. The molecule has 2 aliphatic carbocycles. The predicted octanol–water partition coefficient (Wildman–Crippen LogP) is 7.15. The zero-order chi connectivity index (χ0) is 19.9. The fourth-order valence-electron chi connectivity index (χ4n) is 6.48. The van der Waals surface area contributed by atoms with Gasteiger partial charge in [0.05, 0.1) is 5.54 Å². The number of alkyl halides is 1. The van der Waals surface area contributed by atoms with Crippen LogP contribution in [0.25, 0.3) is 0 Å². The van der Waals surface area contributed by atoms with Crippen LogP contribution in [0.15, 0.2) is 10.6 Å². The quantitative estimate of drug-likeness (QED) is 0.212. The molecule has 150 valence electrons. The van der Waals surface area contributed by atoms with Gasteiger partial charge in [-0.25, -0.2) is 0 Å². The number of fused-ring (bicyclic) bond motifs is 1. The normalized spacial score (nSPS) is 39.0. The van der Waals surface area contributed by atoms with Crippen molar-refractivity contribution in [3.63, 3.8) is 0 Å². The molecule has 0 N–H and O–H groups in total. The van der Waals surface area contributed by atoms with E-state index in [9.17, 15) is 0 Å². The van der Waals surface area contributed by atoms with E-state index in [4.69, 9.17) is 4.99 Å². The summed E-state index contributed by atoms with van der Waals surface area (Å²) in [6, 6.07) is 0. The average Bonchev–Trinajstić information content (AvgIpc) is 3.30. The summed E-state index contributed by atoms with van der Waals surface area (Å²) in [5.74, 6) is 3.40. The molecular weight excluding hydrogens is 429 g/mol. The van der Waals surface area contributed by atoms with Gasteiger partial charge in [0.1, 0.15) is 0 Å². The van der Waals surface area contributed by atoms with Crippen molar-refractivity contribution in [2.24, 2.45) is 45.4 Å². The van der Waals surface area contributed by atoms with Crippen molar-refractivity contribution in [3.05, 3.63) is 5.57 Å². The lowest BCUT2D eigenvalue weighted by Crippen LogP contribution is -2.53. The average molecular weight is 472 g/mol. The Hall–Kier alpha value is 0.0500. The zero-order valence-corrected chi connectivity index (χ0v) is 20.9. The molecule has 0 aromatic rings. The van der Waals surface area contributed by atoms with E-state index in [-0.39, 0.29) is 31.7 Å². The van der Waals surface area contributed by atoms with Crippen molar-refractivity contribution in [1.29, 1.82) is 0 Å². The van der Waals surface area contributed by atoms with Gasteiger partial charge in [-0.2, -0.15) is 0 Å². The lowest BCUT2D eigenvalue weighted by molar-refractivity contribution is -0.0863. The van der Waals surface area contributed by atoms with Crippen LogP contribution in [0.3, 0.4) is 0 Å². The molecular formula is C24H42IN. The van der Waals surface area contributed by atoms with Gasteiger partial charge in [0.15, 0.2) is 0 Å². The van der Waals surface area contributed by atoms with Crippen molar-refractivity contribution in [2.45, 2.75) is 86.6 Å². The first kappa shape index (κ1) is 22.3. The maximum absolute atomic E-state index is 4.93. The number of nitrogens with zero attached hydrogens (tertiary/aromatic N) is 1. The van der Waals surface area contributed by atoms with Gasteiger partial charge in [0.2, 0.25) is 0 Å². The Kier molecular flexibility index (Phi) is 6.72. The van der Waals surface area contributed by atoms with Gasteiger partial charge in [-0.1, -0.05) is 99.1 Å². The van der Waals surface area contributed by atoms with E-state index in [0.717, 1.165) is 5.92 Å². The topological polar surface area (TPSA) is 12.4 Å². The van der Waals surface area contributed by atoms with Crippen molar-refractivity contribution in [2.75, 3.05) is 4.93 Å². The van der Waals surface area contributed by atoms with E-state index in [2.05, 4.69) is 70.7 Å². The first-order valence-electron chi connectivity index (χ1n) is 10.7. The molecule has 0 aliphatic heterocycles. The first-order chi connectivity index (χ1) is 12.1. The molecule has 2 heteroatoms. The molecule has 2 fully saturated rings. The zero-order valence-electron chi connectivity index (χ0n) is 18.7. The lowest BCUT2D eigenvalue weighted by atomic mass is 9.47. The third kappa shape index (κ3) is 2.84. The van der Waals surface area contributed by atoms with Crippen LogP contribution in [0.1, 0.15) is 81.1 Å². The van der Waals surface area contributed by atoms with Gasteiger partial charge in [-0.15, -0.1) is 0 Å². The fourth-order valence-corrected chi connectivity index (χ4v) is 7.80. The first-order valence-corrected chi connectivity index (χ1v) is 14.0. The van der Waals surface area contributed by atoms with Crippen LogP contribution < -0.4 is 0 Å². The van der Waals surface area contributed by atoms with Gasteiger partial charge >= 0.3 is 0 Å². The predicted molar refractivity (Wildman–Crippen MR) is 127 cm³/mol. The van der Waals surface area contributed by atoms with E-state index >= 15 is 0 Å². The number of rotatable bonds is 7. The number of hydrogen-bond acceptors (Lipinski definition) is 1. The molecule has 0 saturated heterocycles. The van der Waals surface area contributed by atoms with Crippen LogP contribution in [0.2, 0.25) is 0 Å². The molecule has 0 aromatic carbocycles. The van der Waals surface area contributed by atoms with Crippen LogP contribution in [0, 0.1) is 40.4 Å². The summed E-state index contributed by atoms with van der Waals surface area (Å²) < 4.78 is 3.88. The molecule has 1 nitrogen and oxygen atoms in total. The molecule has 0 heterocycles. The van der Waals surface area contributed by atoms with Gasteiger partial charge in [-0.3, -0.25) is 4.99 Å². The summed E-state index contributed by atoms with van der Waals surface area (Å²) in [4.78, 5) is 7.27. The van der Waals surface area contributed by atoms with Gasteiger partial charge in [0, 0.05) is 11.5 Å². The third-order valence-corrected chi connectivity index (χ3v) is 10.3. The highest BCUT2D eigenvalue weighted by molar-refractivity contribution is 14.2. The maximum atomic E-state index is 4.93. The number of halogens is 1. The minimum atomic E-state index is -0.00366. The standard InChI is InChI=1S/C24H42IN/c1-11-16(4)19-14-18(13-3)23(8,22(6,7)17(5)12-2)21-20(15-25-9)24(19,21)26-10/h16-19,21H,10-14H2,1-9H3. The van der Waals surface area contributed by atoms with E-state index in [1.54, 1.807) is 5.57 Å². The molecule has 2 rings (SSSR count). The summed E-state index contributed by atoms with van der Waals surface area (Å²) in [6.45, 7) is 23.9. The van der Waals surface area contributed by atoms with E-state index < -0.39 is 0 Å². The Morgan fingerprint density at radius 1 is 1.27 bits per heavy atom.